The van der Waals surface area contributed by atoms with E-state index in [1.165, 1.54) is 0 Å². The standard InChI is InChI=1S/CF3.CH3O.CH3/c2-1(3)4;1-2;/h;1H3;1H3. The summed E-state index contributed by atoms with van der Waals surface area (Å²) in [5.41, 5.74) is 0. The number of halogens is 3. The fraction of sp³-hybridized carbons (Fsp3) is 0.333. The van der Waals surface area contributed by atoms with Gasteiger partial charge in [-0.25, -0.2) is 5.11 Å². The highest BCUT2D eigenvalue weighted by Gasteiger charge is 1.93. The van der Waals surface area contributed by atoms with Crippen molar-refractivity contribution in [2.75, 3.05) is 7.11 Å². The summed E-state index contributed by atoms with van der Waals surface area (Å²) < 4.78 is 28.8. The third-order valence-corrected chi connectivity index (χ3v) is 0. The van der Waals surface area contributed by atoms with Crippen molar-refractivity contribution >= 4 is 0 Å². The zero-order valence-corrected chi connectivity index (χ0v) is 4.04. The molecule has 0 N–H and O–H groups in total. The molecule has 0 unspecified atom stereocenters. The molecular weight excluding hydrogens is 109 g/mol. The summed E-state index contributed by atoms with van der Waals surface area (Å²) in [5, 5.41) is 8.25. The van der Waals surface area contributed by atoms with Crippen LogP contribution in [0.5, 0.6) is 0 Å². The quantitative estimate of drug-likeness (QED) is 0.459. The van der Waals surface area contributed by atoms with E-state index in [1.54, 1.807) is 0 Å². The van der Waals surface area contributed by atoms with Gasteiger partial charge in [0, 0.05) is 0 Å². The van der Waals surface area contributed by atoms with Gasteiger partial charge in [0.05, 0.1) is 7.11 Å². The second-order valence-corrected chi connectivity index (χ2v) is 0.214. The lowest BCUT2D eigenvalue weighted by Gasteiger charge is -1.60. The van der Waals surface area contributed by atoms with Crippen LogP contribution < -0.4 is 0 Å². The summed E-state index contributed by atoms with van der Waals surface area (Å²) in [6.45, 7) is -3.08. The second kappa shape index (κ2) is 17.2. The summed E-state index contributed by atoms with van der Waals surface area (Å²) in [5.74, 6) is 0. The maximum atomic E-state index is 9.58. The first-order chi connectivity index (χ1) is 2.73. The third kappa shape index (κ3) is 1290. The highest BCUT2D eigenvalue weighted by atomic mass is 19.4. The van der Waals surface area contributed by atoms with Crippen LogP contribution in [0.2, 0.25) is 0 Å². The SMILES string of the molecule is C[O].F[C](F)F.[CH3]. The van der Waals surface area contributed by atoms with Gasteiger partial charge in [-0.2, -0.15) is 13.2 Å². The number of hydrogen-bond donors (Lipinski definition) is 0. The smallest absolute Gasteiger partial charge is 0.240 e. The fourth-order valence-electron chi connectivity index (χ4n) is 0. The molecule has 0 aliphatic heterocycles. The Bertz CT molecular complexity index is 14.9. The van der Waals surface area contributed by atoms with E-state index in [4.69, 9.17) is 5.11 Å². The molecule has 0 fully saturated rings. The molecule has 0 bridgehead atoms. The van der Waals surface area contributed by atoms with Crippen LogP contribution in [0, 0.1) is 14.1 Å². The molecule has 0 aromatic heterocycles. The Morgan fingerprint density at radius 2 is 1.14 bits per heavy atom. The molecule has 4 heteroatoms. The summed E-state index contributed by atoms with van der Waals surface area (Å²) in [7, 11) is 0.750. The van der Waals surface area contributed by atoms with Gasteiger partial charge >= 0.3 is 6.68 Å². The zero-order valence-electron chi connectivity index (χ0n) is 4.04. The van der Waals surface area contributed by atoms with E-state index >= 15 is 0 Å². The highest BCUT2D eigenvalue weighted by molar-refractivity contribution is 4.21. The molecule has 0 amide bonds. The molecule has 0 aliphatic rings. The summed E-state index contributed by atoms with van der Waals surface area (Å²) in [4.78, 5) is 0. The minimum absolute atomic E-state index is 0. The van der Waals surface area contributed by atoms with Crippen molar-refractivity contribution in [1.29, 1.82) is 0 Å². The van der Waals surface area contributed by atoms with Crippen LogP contribution in [0.4, 0.5) is 13.2 Å². The van der Waals surface area contributed by atoms with Crippen LogP contribution in [0.25, 0.3) is 0 Å². The average molecular weight is 115 g/mol. The molecule has 3 radical (unpaired) electrons. The number of hydrogen-bond acceptors (Lipinski definition) is 0. The molecule has 0 aromatic carbocycles. The largest absolute Gasteiger partial charge is 0.487 e. The van der Waals surface area contributed by atoms with Gasteiger partial charge in [-0.15, -0.1) is 0 Å². The lowest BCUT2D eigenvalue weighted by atomic mass is 11.6. The average Bonchev–Trinajstić information content (AvgIpc) is 1.41. The third-order valence-electron chi connectivity index (χ3n) is 0. The Kier molecular flexibility index (Phi) is 38.9. The van der Waals surface area contributed by atoms with Gasteiger partial charge in [0.2, 0.25) is 0 Å². The lowest BCUT2D eigenvalue weighted by Crippen LogP contribution is -1.49. The van der Waals surface area contributed by atoms with Crippen molar-refractivity contribution in [3.05, 3.63) is 14.1 Å². The van der Waals surface area contributed by atoms with E-state index < -0.39 is 6.68 Å². The van der Waals surface area contributed by atoms with E-state index in [-0.39, 0.29) is 7.43 Å². The molecule has 0 heterocycles. The summed E-state index contributed by atoms with van der Waals surface area (Å²) in [6, 6.07) is 0. The fourth-order valence-corrected chi connectivity index (χ4v) is 0. The summed E-state index contributed by atoms with van der Waals surface area (Å²) in [6.07, 6.45) is 0. The van der Waals surface area contributed by atoms with Crippen LogP contribution >= 0.6 is 0 Å². The molecular formula is C3H6F3O. The van der Waals surface area contributed by atoms with E-state index in [1.807, 2.05) is 0 Å². The van der Waals surface area contributed by atoms with Crippen molar-refractivity contribution in [2.24, 2.45) is 0 Å². The van der Waals surface area contributed by atoms with E-state index in [9.17, 15) is 13.2 Å². The summed E-state index contributed by atoms with van der Waals surface area (Å²) >= 11 is 0. The monoisotopic (exact) mass is 115 g/mol. The minimum Gasteiger partial charge on any atom is -0.240 e. The van der Waals surface area contributed by atoms with Crippen molar-refractivity contribution in [1.82, 2.24) is 0 Å². The zero-order chi connectivity index (χ0) is 5.58. The molecule has 0 atom stereocenters. The van der Waals surface area contributed by atoms with Gasteiger partial charge < -0.3 is 0 Å². The first kappa shape index (κ1) is 15.9. The Balaban J connectivity index is -0.0000000480. The van der Waals surface area contributed by atoms with Crippen molar-refractivity contribution in [3.8, 4) is 0 Å². The van der Waals surface area contributed by atoms with Gasteiger partial charge in [-0.3, -0.25) is 0 Å². The molecule has 7 heavy (non-hydrogen) atoms. The van der Waals surface area contributed by atoms with Crippen LogP contribution in [0.3, 0.4) is 0 Å². The molecule has 0 rings (SSSR count). The molecule has 0 saturated heterocycles. The number of rotatable bonds is 0. The minimum atomic E-state index is -3.08. The lowest BCUT2D eigenvalue weighted by molar-refractivity contribution is 0.142. The Hall–Kier alpha value is -0.250. The topological polar surface area (TPSA) is 19.9 Å². The molecule has 45 valence electrons. The Labute approximate surface area is 40.8 Å². The normalized spacial score (nSPS) is 6.00. The van der Waals surface area contributed by atoms with Gasteiger partial charge in [0.1, 0.15) is 0 Å². The maximum Gasteiger partial charge on any atom is 0.487 e. The second-order valence-electron chi connectivity index (χ2n) is 0.214. The predicted octanol–water partition coefficient (Wildman–Crippen LogP) is 1.84. The van der Waals surface area contributed by atoms with Crippen molar-refractivity contribution in [2.45, 2.75) is 0 Å². The predicted molar refractivity (Wildman–Crippen MR) is 19.6 cm³/mol. The highest BCUT2D eigenvalue weighted by Crippen LogP contribution is 1.99. The Morgan fingerprint density at radius 1 is 1.14 bits per heavy atom. The first-order valence-electron chi connectivity index (χ1n) is 0.975. The van der Waals surface area contributed by atoms with Gasteiger partial charge in [0.15, 0.2) is 0 Å². The van der Waals surface area contributed by atoms with Crippen molar-refractivity contribution < 1.29 is 18.3 Å². The maximum absolute atomic E-state index is 9.58. The Morgan fingerprint density at radius 3 is 1.14 bits per heavy atom. The van der Waals surface area contributed by atoms with Crippen molar-refractivity contribution in [3.63, 3.8) is 0 Å². The van der Waals surface area contributed by atoms with E-state index in [0.29, 0.717) is 0 Å². The molecule has 0 saturated carbocycles. The van der Waals surface area contributed by atoms with Crippen LogP contribution in [-0.2, 0) is 5.11 Å². The van der Waals surface area contributed by atoms with E-state index in [2.05, 4.69) is 0 Å². The van der Waals surface area contributed by atoms with E-state index in [0.717, 1.165) is 7.11 Å². The molecule has 0 aliphatic carbocycles. The van der Waals surface area contributed by atoms with Gasteiger partial charge in [0.25, 0.3) is 0 Å². The molecule has 0 aromatic rings. The first-order valence-corrected chi connectivity index (χ1v) is 0.975. The van der Waals surface area contributed by atoms with Gasteiger partial charge in [-0.1, -0.05) is 7.43 Å². The molecule has 0 spiro atoms. The van der Waals surface area contributed by atoms with Crippen LogP contribution in [-0.4, -0.2) is 7.11 Å². The van der Waals surface area contributed by atoms with Crippen LogP contribution in [0.1, 0.15) is 0 Å². The van der Waals surface area contributed by atoms with Gasteiger partial charge in [-0.05, 0) is 0 Å². The molecule has 1 nitrogen and oxygen atoms in total. The van der Waals surface area contributed by atoms with Crippen LogP contribution in [0.15, 0.2) is 0 Å².